The minimum Gasteiger partial charge on any atom is -0.328 e. The molecule has 5 heteroatoms. The van der Waals surface area contributed by atoms with Crippen molar-refractivity contribution in [2.24, 2.45) is 5.73 Å². The van der Waals surface area contributed by atoms with Gasteiger partial charge in [-0.3, -0.25) is 0 Å². The van der Waals surface area contributed by atoms with Crippen LogP contribution >= 0.6 is 0 Å². The Kier molecular flexibility index (Phi) is 2.81. The van der Waals surface area contributed by atoms with Gasteiger partial charge in [0.1, 0.15) is 0 Å². The van der Waals surface area contributed by atoms with E-state index in [1.54, 1.807) is 18.2 Å². The highest BCUT2D eigenvalue weighted by atomic mass is 32.2. The smallest absolute Gasteiger partial charge is 0.216 e. The molecule has 2 rings (SSSR count). The molecule has 88 valence electrons. The van der Waals surface area contributed by atoms with E-state index >= 15 is 0 Å². The third-order valence-electron chi connectivity index (χ3n) is 3.59. The maximum absolute atomic E-state index is 12.1. The van der Waals surface area contributed by atoms with Gasteiger partial charge in [-0.25, -0.2) is 8.42 Å². The Bertz CT molecular complexity index is 325. The summed E-state index contributed by atoms with van der Waals surface area (Å²) in [6, 6.07) is 0.540. The van der Waals surface area contributed by atoms with Gasteiger partial charge in [0.2, 0.25) is 10.0 Å². The van der Waals surface area contributed by atoms with E-state index < -0.39 is 10.0 Å². The summed E-state index contributed by atoms with van der Waals surface area (Å²) in [5, 5.41) is -0.310. The van der Waals surface area contributed by atoms with E-state index in [-0.39, 0.29) is 23.4 Å². The summed E-state index contributed by atoms with van der Waals surface area (Å²) in [6.07, 6.45) is 3.65. The van der Waals surface area contributed by atoms with Crippen LogP contribution in [0.25, 0.3) is 0 Å². The van der Waals surface area contributed by atoms with Crippen LogP contribution in [0.5, 0.6) is 0 Å². The Balaban J connectivity index is 2.26. The van der Waals surface area contributed by atoms with E-state index in [0.29, 0.717) is 0 Å². The van der Waals surface area contributed by atoms with Gasteiger partial charge in [0.25, 0.3) is 0 Å². The van der Waals surface area contributed by atoms with Crippen LogP contribution in [0.2, 0.25) is 0 Å². The standard InChI is InChI=1S/C10H20N2O2S/c1-7(2)15(13,14)12-9-3-4-10(12)6-8(11)5-9/h7-10H,3-6,11H2,1-2H3. The van der Waals surface area contributed by atoms with Crippen molar-refractivity contribution in [3.8, 4) is 0 Å². The van der Waals surface area contributed by atoms with Crippen LogP contribution in [0.3, 0.4) is 0 Å². The van der Waals surface area contributed by atoms with E-state index in [4.69, 9.17) is 5.73 Å². The Morgan fingerprint density at radius 2 is 1.67 bits per heavy atom. The zero-order valence-electron chi connectivity index (χ0n) is 9.39. The summed E-state index contributed by atoms with van der Waals surface area (Å²) in [5.74, 6) is 0. The molecule has 0 aromatic carbocycles. The average molecular weight is 232 g/mol. The number of nitrogens with two attached hydrogens (primary N) is 1. The number of rotatable bonds is 2. The molecule has 2 saturated heterocycles. The molecule has 0 saturated carbocycles. The maximum Gasteiger partial charge on any atom is 0.216 e. The molecule has 4 nitrogen and oxygen atoms in total. The van der Waals surface area contributed by atoms with Crippen molar-refractivity contribution in [2.45, 2.75) is 62.9 Å². The van der Waals surface area contributed by atoms with E-state index in [0.717, 1.165) is 25.7 Å². The molecule has 0 radical (unpaired) electrons. The van der Waals surface area contributed by atoms with E-state index in [1.165, 1.54) is 0 Å². The predicted octanol–water partition coefficient (Wildman–Crippen LogP) is 0.679. The zero-order valence-corrected chi connectivity index (χ0v) is 10.2. The monoisotopic (exact) mass is 232 g/mol. The van der Waals surface area contributed by atoms with Crippen LogP contribution in [0.4, 0.5) is 0 Å². The van der Waals surface area contributed by atoms with Crippen molar-refractivity contribution in [3.05, 3.63) is 0 Å². The van der Waals surface area contributed by atoms with Crippen LogP contribution in [-0.2, 0) is 10.0 Å². The SMILES string of the molecule is CC(C)S(=O)(=O)N1C2CCC1CC(N)C2. The van der Waals surface area contributed by atoms with Gasteiger partial charge in [-0.05, 0) is 39.5 Å². The van der Waals surface area contributed by atoms with E-state index in [1.807, 2.05) is 0 Å². The van der Waals surface area contributed by atoms with Gasteiger partial charge in [0.05, 0.1) is 5.25 Å². The van der Waals surface area contributed by atoms with Crippen LogP contribution < -0.4 is 5.73 Å². The Morgan fingerprint density at radius 3 is 2.07 bits per heavy atom. The summed E-state index contributed by atoms with van der Waals surface area (Å²) in [7, 11) is -3.08. The maximum atomic E-state index is 12.1. The fraction of sp³-hybridized carbons (Fsp3) is 1.00. The molecular formula is C10H20N2O2S. The van der Waals surface area contributed by atoms with Crippen LogP contribution in [0.1, 0.15) is 39.5 Å². The lowest BCUT2D eigenvalue weighted by molar-refractivity contribution is 0.226. The first-order chi connectivity index (χ1) is 6.93. The average Bonchev–Trinajstić information content (AvgIpc) is 2.39. The van der Waals surface area contributed by atoms with Crippen LogP contribution in [0, 0.1) is 0 Å². The lowest BCUT2D eigenvalue weighted by atomic mass is 10.0. The third-order valence-corrected chi connectivity index (χ3v) is 5.97. The van der Waals surface area contributed by atoms with Gasteiger partial charge in [0.15, 0.2) is 0 Å². The molecule has 2 bridgehead atoms. The molecule has 2 fully saturated rings. The van der Waals surface area contributed by atoms with Gasteiger partial charge in [-0.1, -0.05) is 0 Å². The van der Waals surface area contributed by atoms with Gasteiger partial charge < -0.3 is 5.73 Å². The largest absolute Gasteiger partial charge is 0.328 e. The topological polar surface area (TPSA) is 63.4 Å². The normalized spacial score (nSPS) is 37.5. The predicted molar refractivity (Wildman–Crippen MR) is 59.9 cm³/mol. The molecule has 0 aromatic rings. The first-order valence-corrected chi connectivity index (χ1v) is 7.21. The highest BCUT2D eigenvalue weighted by molar-refractivity contribution is 7.89. The van der Waals surface area contributed by atoms with Crippen molar-refractivity contribution < 1.29 is 8.42 Å². The number of nitrogens with zero attached hydrogens (tertiary/aromatic N) is 1. The van der Waals surface area contributed by atoms with Gasteiger partial charge >= 0.3 is 0 Å². The number of sulfonamides is 1. The Labute approximate surface area is 91.9 Å². The van der Waals surface area contributed by atoms with Gasteiger partial charge in [-0.2, -0.15) is 4.31 Å². The molecule has 0 spiro atoms. The first kappa shape index (κ1) is 11.4. The molecule has 2 aliphatic heterocycles. The summed E-state index contributed by atoms with van der Waals surface area (Å²) >= 11 is 0. The quantitative estimate of drug-likeness (QED) is 0.761. The minimum atomic E-state index is -3.08. The van der Waals surface area contributed by atoms with Crippen LogP contribution in [-0.4, -0.2) is 36.1 Å². The van der Waals surface area contributed by atoms with Crippen molar-refractivity contribution in [3.63, 3.8) is 0 Å². The molecule has 2 N–H and O–H groups in total. The molecule has 0 aliphatic carbocycles. The molecule has 15 heavy (non-hydrogen) atoms. The molecule has 2 atom stereocenters. The fourth-order valence-corrected chi connectivity index (χ4v) is 4.54. The molecule has 2 aliphatic rings. The Morgan fingerprint density at radius 1 is 1.20 bits per heavy atom. The van der Waals surface area contributed by atoms with Crippen LogP contribution in [0.15, 0.2) is 0 Å². The van der Waals surface area contributed by atoms with Crippen molar-refractivity contribution in [1.29, 1.82) is 0 Å². The molecule has 2 unspecified atom stereocenters. The number of piperidine rings is 1. The second-order valence-electron chi connectivity index (χ2n) is 5.04. The summed E-state index contributed by atoms with van der Waals surface area (Å²) < 4.78 is 26.0. The molecular weight excluding hydrogens is 212 g/mol. The number of fused-ring (bicyclic) bond motifs is 2. The molecule has 0 amide bonds. The van der Waals surface area contributed by atoms with Gasteiger partial charge in [0, 0.05) is 18.1 Å². The van der Waals surface area contributed by atoms with Crippen molar-refractivity contribution >= 4 is 10.0 Å². The number of hydrogen-bond acceptors (Lipinski definition) is 3. The second-order valence-corrected chi connectivity index (χ2v) is 7.43. The van der Waals surface area contributed by atoms with Gasteiger partial charge in [-0.15, -0.1) is 0 Å². The van der Waals surface area contributed by atoms with E-state index in [2.05, 4.69) is 0 Å². The second kappa shape index (κ2) is 3.71. The highest BCUT2D eigenvalue weighted by Gasteiger charge is 2.46. The molecule has 2 heterocycles. The number of hydrogen-bond donors (Lipinski definition) is 1. The Hall–Kier alpha value is -0.130. The summed E-state index contributed by atoms with van der Waals surface area (Å²) in [4.78, 5) is 0. The van der Waals surface area contributed by atoms with Crippen molar-refractivity contribution in [1.82, 2.24) is 4.31 Å². The van der Waals surface area contributed by atoms with Crippen molar-refractivity contribution in [2.75, 3.05) is 0 Å². The zero-order chi connectivity index (χ0) is 11.2. The molecule has 0 aromatic heterocycles. The fourth-order valence-electron chi connectivity index (χ4n) is 2.84. The first-order valence-electron chi connectivity index (χ1n) is 5.71. The third kappa shape index (κ3) is 1.81. The lowest BCUT2D eigenvalue weighted by Gasteiger charge is -2.37. The minimum absolute atomic E-state index is 0.172. The summed E-state index contributed by atoms with van der Waals surface area (Å²) in [6.45, 7) is 3.51. The highest BCUT2D eigenvalue weighted by Crippen LogP contribution is 2.38. The lowest BCUT2D eigenvalue weighted by Crippen LogP contribution is -2.51. The summed E-state index contributed by atoms with van der Waals surface area (Å²) in [5.41, 5.74) is 5.92. The van der Waals surface area contributed by atoms with E-state index in [9.17, 15) is 8.42 Å².